The van der Waals surface area contributed by atoms with Crippen LogP contribution in [-0.4, -0.2) is 31.1 Å². The molecule has 0 amide bonds. The van der Waals surface area contributed by atoms with Gasteiger partial charge in [-0.15, -0.1) is 0 Å². The van der Waals surface area contributed by atoms with Gasteiger partial charge in [0.15, 0.2) is 0 Å². The van der Waals surface area contributed by atoms with E-state index in [0.717, 1.165) is 23.5 Å². The van der Waals surface area contributed by atoms with Gasteiger partial charge < -0.3 is 10.2 Å². The summed E-state index contributed by atoms with van der Waals surface area (Å²) >= 11 is 3.51. The van der Waals surface area contributed by atoms with Crippen LogP contribution in [0.25, 0.3) is 0 Å². The Balaban J connectivity index is 1.69. The minimum atomic E-state index is 0.473. The molecule has 0 radical (unpaired) electrons. The highest BCUT2D eigenvalue weighted by Crippen LogP contribution is 2.34. The third-order valence-corrected chi connectivity index (χ3v) is 4.89. The van der Waals surface area contributed by atoms with E-state index in [9.17, 15) is 0 Å². The van der Waals surface area contributed by atoms with Crippen molar-refractivity contribution < 1.29 is 0 Å². The second-order valence-corrected chi connectivity index (χ2v) is 7.83. The zero-order valence-electron chi connectivity index (χ0n) is 13.0. The smallest absolute Gasteiger partial charge is 0.0351 e. The first-order valence-electron chi connectivity index (χ1n) is 7.67. The molecule has 0 saturated carbocycles. The molecule has 0 atom stereocenters. The van der Waals surface area contributed by atoms with E-state index in [0.29, 0.717) is 5.41 Å². The van der Waals surface area contributed by atoms with Gasteiger partial charge in [-0.1, -0.05) is 42.8 Å². The fourth-order valence-electron chi connectivity index (χ4n) is 2.98. The highest BCUT2D eigenvalue weighted by Gasteiger charge is 2.28. The van der Waals surface area contributed by atoms with Crippen molar-refractivity contribution in [2.75, 3.05) is 31.5 Å². The molecule has 1 aromatic carbocycles. The lowest BCUT2D eigenvalue weighted by Gasteiger charge is -2.38. The van der Waals surface area contributed by atoms with Crippen molar-refractivity contribution in [3.63, 3.8) is 0 Å². The SMILES string of the molecule is CC(C)(C)C1CCN(CCNc2cccc(Br)c2)CC1. The Morgan fingerprint density at radius 3 is 2.55 bits per heavy atom. The van der Waals surface area contributed by atoms with Gasteiger partial charge in [0.1, 0.15) is 0 Å². The Kier molecular flexibility index (Phi) is 5.50. The second kappa shape index (κ2) is 6.95. The molecule has 0 aliphatic carbocycles. The lowest BCUT2D eigenvalue weighted by Crippen LogP contribution is -2.40. The normalized spacial score (nSPS) is 18.2. The van der Waals surface area contributed by atoms with E-state index in [2.05, 4.69) is 71.2 Å². The van der Waals surface area contributed by atoms with Crippen LogP contribution in [0, 0.1) is 11.3 Å². The van der Waals surface area contributed by atoms with Crippen LogP contribution in [0.1, 0.15) is 33.6 Å². The van der Waals surface area contributed by atoms with E-state index >= 15 is 0 Å². The number of likely N-dealkylation sites (tertiary alicyclic amines) is 1. The van der Waals surface area contributed by atoms with Crippen LogP contribution in [0.3, 0.4) is 0 Å². The molecule has 1 saturated heterocycles. The third kappa shape index (κ3) is 4.78. The molecule has 0 unspecified atom stereocenters. The topological polar surface area (TPSA) is 15.3 Å². The van der Waals surface area contributed by atoms with Gasteiger partial charge in [0.25, 0.3) is 0 Å². The van der Waals surface area contributed by atoms with Crippen molar-refractivity contribution in [2.45, 2.75) is 33.6 Å². The number of hydrogen-bond acceptors (Lipinski definition) is 2. The molecule has 1 aromatic rings. The molecule has 2 nitrogen and oxygen atoms in total. The molecule has 0 spiro atoms. The fourth-order valence-corrected chi connectivity index (χ4v) is 3.38. The van der Waals surface area contributed by atoms with Crippen LogP contribution in [0.5, 0.6) is 0 Å². The van der Waals surface area contributed by atoms with Crippen molar-refractivity contribution in [2.24, 2.45) is 11.3 Å². The van der Waals surface area contributed by atoms with E-state index in [4.69, 9.17) is 0 Å². The highest BCUT2D eigenvalue weighted by atomic mass is 79.9. The largest absolute Gasteiger partial charge is 0.384 e. The summed E-state index contributed by atoms with van der Waals surface area (Å²) in [5.74, 6) is 0.886. The van der Waals surface area contributed by atoms with Gasteiger partial charge in [-0.3, -0.25) is 0 Å². The van der Waals surface area contributed by atoms with E-state index in [-0.39, 0.29) is 0 Å². The average Bonchev–Trinajstić information content (AvgIpc) is 2.38. The van der Waals surface area contributed by atoms with Crippen LogP contribution < -0.4 is 5.32 Å². The summed E-state index contributed by atoms with van der Waals surface area (Å²) in [6.45, 7) is 11.8. The number of nitrogens with one attached hydrogen (secondary N) is 1. The molecule has 1 aliphatic heterocycles. The molecule has 0 aromatic heterocycles. The third-order valence-electron chi connectivity index (χ3n) is 4.39. The second-order valence-electron chi connectivity index (χ2n) is 6.92. The van der Waals surface area contributed by atoms with Crippen LogP contribution in [0.2, 0.25) is 0 Å². The van der Waals surface area contributed by atoms with Crippen molar-refractivity contribution in [3.05, 3.63) is 28.7 Å². The Bertz CT molecular complexity index is 417. The van der Waals surface area contributed by atoms with E-state index < -0.39 is 0 Å². The Morgan fingerprint density at radius 2 is 1.95 bits per heavy atom. The lowest BCUT2D eigenvalue weighted by atomic mass is 9.75. The maximum Gasteiger partial charge on any atom is 0.0351 e. The van der Waals surface area contributed by atoms with Gasteiger partial charge in [0.2, 0.25) is 0 Å². The van der Waals surface area contributed by atoms with Crippen LogP contribution in [0.4, 0.5) is 5.69 Å². The molecular formula is C17H27BrN2. The average molecular weight is 339 g/mol. The van der Waals surface area contributed by atoms with Crippen molar-refractivity contribution in [3.8, 4) is 0 Å². The molecular weight excluding hydrogens is 312 g/mol. The van der Waals surface area contributed by atoms with Crippen LogP contribution in [-0.2, 0) is 0 Å². The molecule has 1 fully saturated rings. The zero-order valence-corrected chi connectivity index (χ0v) is 14.5. The molecule has 0 bridgehead atoms. The first-order chi connectivity index (χ1) is 9.45. The summed E-state index contributed by atoms with van der Waals surface area (Å²) in [7, 11) is 0. The Hall–Kier alpha value is -0.540. The van der Waals surface area contributed by atoms with Gasteiger partial charge in [-0.2, -0.15) is 0 Å². The first-order valence-corrected chi connectivity index (χ1v) is 8.46. The summed E-state index contributed by atoms with van der Waals surface area (Å²) in [4.78, 5) is 2.59. The molecule has 1 aliphatic rings. The Labute approximate surface area is 132 Å². The quantitative estimate of drug-likeness (QED) is 0.861. The molecule has 1 N–H and O–H groups in total. The maximum atomic E-state index is 3.51. The standard InChI is InChI=1S/C17H27BrN2/c1-17(2,3)14-7-10-20(11-8-14)12-9-19-16-6-4-5-15(18)13-16/h4-6,13-14,19H,7-12H2,1-3H3. The maximum absolute atomic E-state index is 3.51. The van der Waals surface area contributed by atoms with Gasteiger partial charge in [0.05, 0.1) is 0 Å². The van der Waals surface area contributed by atoms with Crippen molar-refractivity contribution >= 4 is 21.6 Å². The number of benzene rings is 1. The summed E-state index contributed by atoms with van der Waals surface area (Å²) in [5, 5.41) is 3.50. The first kappa shape index (κ1) is 15.8. The number of hydrogen-bond donors (Lipinski definition) is 1. The van der Waals surface area contributed by atoms with Crippen molar-refractivity contribution in [1.82, 2.24) is 4.90 Å². The number of nitrogens with zero attached hydrogens (tertiary/aromatic N) is 1. The minimum absolute atomic E-state index is 0.473. The number of anilines is 1. The monoisotopic (exact) mass is 338 g/mol. The van der Waals surface area contributed by atoms with Crippen molar-refractivity contribution in [1.29, 1.82) is 0 Å². The molecule has 112 valence electrons. The minimum Gasteiger partial charge on any atom is -0.384 e. The predicted molar refractivity (Wildman–Crippen MR) is 91.3 cm³/mol. The molecule has 2 rings (SSSR count). The predicted octanol–water partition coefficient (Wildman–Crippen LogP) is 4.62. The van der Waals surface area contributed by atoms with E-state index in [1.54, 1.807) is 0 Å². The summed E-state index contributed by atoms with van der Waals surface area (Å²) in [6, 6.07) is 8.38. The number of halogens is 1. The van der Waals surface area contributed by atoms with Gasteiger partial charge >= 0.3 is 0 Å². The summed E-state index contributed by atoms with van der Waals surface area (Å²) in [6.07, 6.45) is 2.70. The molecule has 3 heteroatoms. The van der Waals surface area contributed by atoms with Gasteiger partial charge in [-0.05, 0) is 55.5 Å². The van der Waals surface area contributed by atoms with Crippen LogP contribution in [0.15, 0.2) is 28.7 Å². The fraction of sp³-hybridized carbons (Fsp3) is 0.647. The summed E-state index contributed by atoms with van der Waals surface area (Å²) < 4.78 is 1.13. The number of piperidine rings is 1. The van der Waals surface area contributed by atoms with Gasteiger partial charge in [-0.25, -0.2) is 0 Å². The highest BCUT2D eigenvalue weighted by molar-refractivity contribution is 9.10. The van der Waals surface area contributed by atoms with Crippen LogP contribution >= 0.6 is 15.9 Å². The van der Waals surface area contributed by atoms with E-state index in [1.807, 2.05) is 0 Å². The molecule has 1 heterocycles. The van der Waals surface area contributed by atoms with E-state index in [1.165, 1.54) is 31.6 Å². The lowest BCUT2D eigenvalue weighted by molar-refractivity contribution is 0.115. The van der Waals surface area contributed by atoms with Gasteiger partial charge in [0, 0.05) is 23.2 Å². The number of rotatable bonds is 4. The Morgan fingerprint density at radius 1 is 1.25 bits per heavy atom. The summed E-state index contributed by atoms with van der Waals surface area (Å²) in [5.41, 5.74) is 1.67. The zero-order chi connectivity index (χ0) is 14.6. The molecule has 20 heavy (non-hydrogen) atoms.